The Hall–Kier alpha value is -3.48. The van der Waals surface area contributed by atoms with E-state index >= 15 is 0 Å². The highest BCUT2D eigenvalue weighted by Gasteiger charge is 2.14. The van der Waals surface area contributed by atoms with E-state index in [1.807, 2.05) is 53.1 Å². The minimum atomic E-state index is -0.171. The number of aromatic nitrogens is 5. The summed E-state index contributed by atoms with van der Waals surface area (Å²) in [4.78, 5) is 21.2. The van der Waals surface area contributed by atoms with Crippen LogP contribution in [0.4, 0.5) is 5.95 Å². The molecule has 0 spiro atoms. The maximum atomic E-state index is 12.7. The van der Waals surface area contributed by atoms with Crippen molar-refractivity contribution in [1.29, 1.82) is 0 Å². The first kappa shape index (κ1) is 17.0. The quantitative estimate of drug-likeness (QED) is 0.572. The van der Waals surface area contributed by atoms with Gasteiger partial charge in [-0.1, -0.05) is 31.2 Å². The summed E-state index contributed by atoms with van der Waals surface area (Å²) >= 11 is 0. The highest BCUT2D eigenvalue weighted by atomic mass is 16.1. The summed E-state index contributed by atoms with van der Waals surface area (Å²) in [6, 6.07) is 15.4. The first-order valence-corrected chi connectivity index (χ1v) is 8.92. The predicted molar refractivity (Wildman–Crippen MR) is 104 cm³/mol. The van der Waals surface area contributed by atoms with E-state index in [-0.39, 0.29) is 5.91 Å². The molecule has 0 aliphatic carbocycles. The van der Waals surface area contributed by atoms with Crippen LogP contribution in [0.5, 0.6) is 0 Å². The van der Waals surface area contributed by atoms with Crippen molar-refractivity contribution in [1.82, 2.24) is 24.3 Å². The summed E-state index contributed by atoms with van der Waals surface area (Å²) in [6.07, 6.45) is 4.13. The van der Waals surface area contributed by atoms with Gasteiger partial charge in [0, 0.05) is 12.1 Å². The van der Waals surface area contributed by atoms with E-state index in [4.69, 9.17) is 0 Å². The minimum absolute atomic E-state index is 0.171. The molecule has 136 valence electrons. The van der Waals surface area contributed by atoms with E-state index in [0.29, 0.717) is 18.1 Å². The zero-order chi connectivity index (χ0) is 18.6. The third-order valence-corrected chi connectivity index (χ3v) is 4.35. The molecular formula is C20H20N6O. The van der Waals surface area contributed by atoms with E-state index in [0.717, 1.165) is 29.6 Å². The van der Waals surface area contributed by atoms with Crippen molar-refractivity contribution in [2.24, 2.45) is 0 Å². The first-order valence-electron chi connectivity index (χ1n) is 8.92. The van der Waals surface area contributed by atoms with E-state index < -0.39 is 0 Å². The van der Waals surface area contributed by atoms with Gasteiger partial charge in [0.1, 0.15) is 12.7 Å². The molecule has 0 bridgehead atoms. The smallest absolute Gasteiger partial charge is 0.257 e. The van der Waals surface area contributed by atoms with Crippen LogP contribution in [0.15, 0.2) is 61.2 Å². The fraction of sp³-hybridized carbons (Fsp3) is 0.200. The van der Waals surface area contributed by atoms with Gasteiger partial charge in [0.25, 0.3) is 5.91 Å². The Kier molecular flexibility index (Phi) is 4.65. The van der Waals surface area contributed by atoms with Gasteiger partial charge in [0.05, 0.1) is 17.6 Å². The van der Waals surface area contributed by atoms with Crippen molar-refractivity contribution in [2.45, 2.75) is 26.4 Å². The lowest BCUT2D eigenvalue weighted by Gasteiger charge is -2.09. The number of hydrogen-bond acceptors (Lipinski definition) is 4. The largest absolute Gasteiger partial charge is 0.310 e. The molecular weight excluding hydrogens is 340 g/mol. The summed E-state index contributed by atoms with van der Waals surface area (Å²) in [5, 5.41) is 7.04. The molecule has 0 unspecified atom stereocenters. The molecule has 7 heteroatoms. The summed E-state index contributed by atoms with van der Waals surface area (Å²) in [5.74, 6) is 0.407. The van der Waals surface area contributed by atoms with Crippen molar-refractivity contribution < 1.29 is 4.79 Å². The summed E-state index contributed by atoms with van der Waals surface area (Å²) < 4.78 is 3.79. The lowest BCUT2D eigenvalue weighted by Crippen LogP contribution is -2.16. The van der Waals surface area contributed by atoms with E-state index in [2.05, 4.69) is 27.3 Å². The van der Waals surface area contributed by atoms with E-state index in [1.54, 1.807) is 11.0 Å². The fourth-order valence-electron chi connectivity index (χ4n) is 3.06. The second-order valence-corrected chi connectivity index (χ2v) is 6.32. The third-order valence-electron chi connectivity index (χ3n) is 4.35. The maximum Gasteiger partial charge on any atom is 0.257 e. The minimum Gasteiger partial charge on any atom is -0.310 e. The zero-order valence-corrected chi connectivity index (χ0v) is 15.0. The number of rotatable bonds is 6. The number of nitrogens with one attached hydrogen (secondary N) is 1. The second kappa shape index (κ2) is 7.41. The van der Waals surface area contributed by atoms with Crippen molar-refractivity contribution in [3.05, 3.63) is 72.3 Å². The zero-order valence-electron chi connectivity index (χ0n) is 15.0. The Morgan fingerprint density at radius 2 is 1.93 bits per heavy atom. The van der Waals surface area contributed by atoms with Crippen LogP contribution in [0.3, 0.4) is 0 Å². The summed E-state index contributed by atoms with van der Waals surface area (Å²) in [5.41, 5.74) is 3.55. The molecule has 0 atom stereocenters. The molecule has 2 aromatic carbocycles. The lowest BCUT2D eigenvalue weighted by atomic mass is 10.1. The lowest BCUT2D eigenvalue weighted by molar-refractivity contribution is 0.102. The van der Waals surface area contributed by atoms with E-state index in [1.165, 1.54) is 6.33 Å². The van der Waals surface area contributed by atoms with Gasteiger partial charge in [-0.25, -0.2) is 14.6 Å². The number of anilines is 1. The number of imidazole rings is 1. The molecule has 27 heavy (non-hydrogen) atoms. The molecule has 0 saturated heterocycles. The monoisotopic (exact) mass is 360 g/mol. The Morgan fingerprint density at radius 3 is 2.67 bits per heavy atom. The molecule has 1 N–H and O–H groups in total. The number of para-hydroxylation sites is 2. The van der Waals surface area contributed by atoms with Crippen molar-refractivity contribution in [3.8, 4) is 0 Å². The summed E-state index contributed by atoms with van der Waals surface area (Å²) in [6.45, 7) is 3.52. The topological polar surface area (TPSA) is 77.6 Å². The molecule has 2 heterocycles. The van der Waals surface area contributed by atoms with Crippen molar-refractivity contribution >= 4 is 22.9 Å². The van der Waals surface area contributed by atoms with Gasteiger partial charge in [0.2, 0.25) is 5.95 Å². The number of carbonyl (C=O) groups excluding carboxylic acids is 1. The fourth-order valence-corrected chi connectivity index (χ4v) is 3.06. The first-order chi connectivity index (χ1) is 13.2. The van der Waals surface area contributed by atoms with Gasteiger partial charge < -0.3 is 4.57 Å². The Bertz CT molecular complexity index is 1050. The molecule has 0 fully saturated rings. The number of amides is 1. The molecule has 0 radical (unpaired) electrons. The highest BCUT2D eigenvalue weighted by molar-refractivity contribution is 6.04. The highest BCUT2D eigenvalue weighted by Crippen LogP contribution is 2.20. The Balaban J connectivity index is 1.53. The molecule has 0 aliphatic rings. The SMILES string of the molecule is CCCn1c(NC(=O)c2ccc(Cn3cncn3)cc2)nc2ccccc21. The van der Waals surface area contributed by atoms with E-state index in [9.17, 15) is 4.79 Å². The van der Waals surface area contributed by atoms with Crippen LogP contribution >= 0.6 is 0 Å². The van der Waals surface area contributed by atoms with Crippen molar-refractivity contribution in [3.63, 3.8) is 0 Å². The summed E-state index contributed by atoms with van der Waals surface area (Å²) in [7, 11) is 0. The molecule has 4 aromatic rings. The number of nitrogens with zero attached hydrogens (tertiary/aromatic N) is 5. The number of benzene rings is 2. The van der Waals surface area contributed by atoms with Crippen LogP contribution < -0.4 is 5.32 Å². The maximum absolute atomic E-state index is 12.7. The van der Waals surface area contributed by atoms with Gasteiger partial charge in [-0.15, -0.1) is 0 Å². The number of aryl methyl sites for hydroxylation is 1. The molecule has 0 saturated carbocycles. The molecule has 4 rings (SSSR count). The van der Waals surface area contributed by atoms with Crippen LogP contribution in [0, 0.1) is 0 Å². The average Bonchev–Trinajstić information content (AvgIpc) is 3.31. The molecule has 0 aliphatic heterocycles. The van der Waals surface area contributed by atoms with Crippen LogP contribution in [0.2, 0.25) is 0 Å². The molecule has 1 amide bonds. The number of carbonyl (C=O) groups is 1. The second-order valence-electron chi connectivity index (χ2n) is 6.32. The standard InChI is InChI=1S/C20H20N6O/c1-2-11-26-18-6-4-3-5-17(18)23-20(26)24-19(27)16-9-7-15(8-10-16)12-25-14-21-13-22-25/h3-10,13-14H,2,11-12H2,1H3,(H,23,24,27). The average molecular weight is 360 g/mol. The van der Waals surface area contributed by atoms with Crippen LogP contribution in [0.25, 0.3) is 11.0 Å². The van der Waals surface area contributed by atoms with Gasteiger partial charge in [-0.3, -0.25) is 10.1 Å². The van der Waals surface area contributed by atoms with Gasteiger partial charge >= 0.3 is 0 Å². The number of fused-ring (bicyclic) bond motifs is 1. The van der Waals surface area contributed by atoms with Gasteiger partial charge in [-0.2, -0.15) is 5.10 Å². The normalized spacial score (nSPS) is 11.0. The van der Waals surface area contributed by atoms with Gasteiger partial charge in [0.15, 0.2) is 0 Å². The van der Waals surface area contributed by atoms with Crippen LogP contribution in [0.1, 0.15) is 29.3 Å². The molecule has 7 nitrogen and oxygen atoms in total. The van der Waals surface area contributed by atoms with Crippen LogP contribution in [-0.4, -0.2) is 30.2 Å². The number of hydrogen-bond donors (Lipinski definition) is 1. The van der Waals surface area contributed by atoms with Crippen LogP contribution in [-0.2, 0) is 13.1 Å². The Morgan fingerprint density at radius 1 is 1.11 bits per heavy atom. The van der Waals surface area contributed by atoms with Crippen molar-refractivity contribution in [2.75, 3.05) is 5.32 Å². The third kappa shape index (κ3) is 3.57. The molecule has 2 aromatic heterocycles. The predicted octanol–water partition coefficient (Wildman–Crippen LogP) is 3.34. The Labute approximate surface area is 156 Å². The van der Waals surface area contributed by atoms with Gasteiger partial charge in [-0.05, 0) is 36.2 Å².